The molecule has 0 bridgehead atoms. The monoisotopic (exact) mass is 346 g/mol. The molecule has 132 valence electrons. The molecule has 0 atom stereocenters. The third-order valence-electron chi connectivity index (χ3n) is 4.10. The van der Waals surface area contributed by atoms with E-state index in [0.29, 0.717) is 5.69 Å². The number of aromatic nitrogens is 2. The second-order valence-corrected chi connectivity index (χ2v) is 6.08. The Labute approximate surface area is 153 Å². The Morgan fingerprint density at radius 1 is 1.00 bits per heavy atom. The smallest absolute Gasteiger partial charge is 0.275 e. The molecule has 0 spiro atoms. The molecule has 0 saturated heterocycles. The molecule has 3 rings (SSSR count). The Kier molecular flexibility index (Phi) is 5.59. The largest absolute Gasteiger partial charge is 0.351 e. The van der Waals surface area contributed by atoms with Gasteiger partial charge in [0, 0.05) is 18.8 Å². The maximum atomic E-state index is 12.3. The van der Waals surface area contributed by atoms with Gasteiger partial charge in [-0.2, -0.15) is 0 Å². The van der Waals surface area contributed by atoms with Gasteiger partial charge in [-0.1, -0.05) is 48.0 Å². The van der Waals surface area contributed by atoms with Gasteiger partial charge >= 0.3 is 0 Å². The van der Waals surface area contributed by atoms with E-state index >= 15 is 0 Å². The predicted molar refractivity (Wildman–Crippen MR) is 104 cm³/mol. The number of aryl methyl sites for hydroxylation is 1. The molecule has 5 nitrogen and oxygen atoms in total. The summed E-state index contributed by atoms with van der Waals surface area (Å²) < 4.78 is 0. The van der Waals surface area contributed by atoms with Crippen LogP contribution in [0.4, 0.5) is 11.5 Å². The first-order chi connectivity index (χ1) is 12.7. The zero-order valence-corrected chi connectivity index (χ0v) is 15.0. The summed E-state index contributed by atoms with van der Waals surface area (Å²) in [6.45, 7) is 5.63. The fourth-order valence-corrected chi connectivity index (χ4v) is 2.59. The first kappa shape index (κ1) is 17.6. The molecule has 5 heteroatoms. The van der Waals surface area contributed by atoms with Crippen molar-refractivity contribution in [3.63, 3.8) is 0 Å². The van der Waals surface area contributed by atoms with Gasteiger partial charge < -0.3 is 10.2 Å². The second-order valence-electron chi connectivity index (χ2n) is 6.08. The summed E-state index contributed by atoms with van der Waals surface area (Å²) >= 11 is 0. The van der Waals surface area contributed by atoms with Gasteiger partial charge in [-0.15, -0.1) is 0 Å². The highest BCUT2D eigenvalue weighted by molar-refractivity contribution is 6.02. The van der Waals surface area contributed by atoms with Crippen LogP contribution >= 0.6 is 0 Å². The number of anilines is 2. The van der Waals surface area contributed by atoms with Crippen LogP contribution in [0.2, 0.25) is 0 Å². The van der Waals surface area contributed by atoms with Gasteiger partial charge in [0.1, 0.15) is 11.5 Å². The minimum atomic E-state index is -0.265. The summed E-state index contributed by atoms with van der Waals surface area (Å²) in [4.78, 5) is 23.1. The van der Waals surface area contributed by atoms with Crippen molar-refractivity contribution in [2.75, 3.05) is 16.8 Å². The standard InChI is InChI=1S/C21H22N4O/c1-3-25(15-17-7-5-4-6-8-17)20-14-22-19(13-23-20)21(26)24-18-11-9-16(2)10-12-18/h4-14H,3,15H2,1-2H3,(H,24,26). The number of rotatable bonds is 6. The molecule has 26 heavy (non-hydrogen) atoms. The zero-order chi connectivity index (χ0) is 18.4. The lowest BCUT2D eigenvalue weighted by Crippen LogP contribution is -2.24. The first-order valence-corrected chi connectivity index (χ1v) is 8.64. The van der Waals surface area contributed by atoms with Crippen molar-refractivity contribution in [3.05, 3.63) is 83.8 Å². The van der Waals surface area contributed by atoms with E-state index in [1.54, 1.807) is 6.20 Å². The van der Waals surface area contributed by atoms with Crippen LogP contribution in [0.3, 0.4) is 0 Å². The zero-order valence-electron chi connectivity index (χ0n) is 15.0. The molecule has 1 N–H and O–H groups in total. The molecular weight excluding hydrogens is 324 g/mol. The Bertz CT molecular complexity index is 845. The van der Waals surface area contributed by atoms with Crippen molar-refractivity contribution in [1.82, 2.24) is 9.97 Å². The second kappa shape index (κ2) is 8.25. The van der Waals surface area contributed by atoms with E-state index < -0.39 is 0 Å². The number of nitrogens with zero attached hydrogens (tertiary/aromatic N) is 3. The molecule has 0 fully saturated rings. The van der Waals surface area contributed by atoms with Crippen molar-refractivity contribution in [2.24, 2.45) is 0 Å². The number of benzene rings is 2. The lowest BCUT2D eigenvalue weighted by molar-refractivity contribution is 0.102. The van der Waals surface area contributed by atoms with Crippen LogP contribution in [0.1, 0.15) is 28.5 Å². The van der Waals surface area contributed by atoms with E-state index in [4.69, 9.17) is 0 Å². The highest BCUT2D eigenvalue weighted by Crippen LogP contribution is 2.14. The fraction of sp³-hybridized carbons (Fsp3) is 0.190. The average Bonchev–Trinajstić information content (AvgIpc) is 2.69. The van der Waals surface area contributed by atoms with E-state index in [2.05, 4.69) is 39.2 Å². The third-order valence-corrected chi connectivity index (χ3v) is 4.10. The Balaban J connectivity index is 1.68. The molecular formula is C21H22N4O. The van der Waals surface area contributed by atoms with Crippen molar-refractivity contribution < 1.29 is 4.79 Å². The number of carbonyl (C=O) groups is 1. The summed E-state index contributed by atoms with van der Waals surface area (Å²) in [5.41, 5.74) is 3.39. The molecule has 0 aliphatic rings. The minimum absolute atomic E-state index is 0.265. The summed E-state index contributed by atoms with van der Waals surface area (Å²) in [5, 5.41) is 2.83. The van der Waals surface area contributed by atoms with Gasteiger partial charge in [-0.05, 0) is 31.5 Å². The summed E-state index contributed by atoms with van der Waals surface area (Å²) in [5.74, 6) is 0.488. The highest BCUT2D eigenvalue weighted by atomic mass is 16.1. The van der Waals surface area contributed by atoms with Crippen LogP contribution < -0.4 is 10.2 Å². The molecule has 0 saturated carbocycles. The van der Waals surface area contributed by atoms with Gasteiger partial charge in [0.2, 0.25) is 0 Å². The van der Waals surface area contributed by atoms with Crippen molar-refractivity contribution in [2.45, 2.75) is 20.4 Å². The molecule has 0 radical (unpaired) electrons. The van der Waals surface area contributed by atoms with Gasteiger partial charge in [-0.25, -0.2) is 9.97 Å². The van der Waals surface area contributed by atoms with Crippen LogP contribution in [0.5, 0.6) is 0 Å². The maximum Gasteiger partial charge on any atom is 0.275 e. The number of nitrogens with one attached hydrogen (secondary N) is 1. The molecule has 3 aromatic rings. The van der Waals surface area contributed by atoms with Gasteiger partial charge in [0.25, 0.3) is 5.91 Å². The van der Waals surface area contributed by atoms with Gasteiger partial charge in [0.05, 0.1) is 12.4 Å². The normalized spacial score (nSPS) is 10.4. The fourth-order valence-electron chi connectivity index (χ4n) is 2.59. The van der Waals surface area contributed by atoms with Crippen LogP contribution in [-0.4, -0.2) is 22.4 Å². The summed E-state index contributed by atoms with van der Waals surface area (Å²) in [6.07, 6.45) is 3.17. The minimum Gasteiger partial charge on any atom is -0.351 e. The van der Waals surface area contributed by atoms with E-state index in [1.165, 1.54) is 11.8 Å². The quantitative estimate of drug-likeness (QED) is 0.731. The van der Waals surface area contributed by atoms with Crippen LogP contribution in [0, 0.1) is 6.92 Å². The van der Waals surface area contributed by atoms with Crippen LogP contribution in [-0.2, 0) is 6.54 Å². The number of carbonyl (C=O) groups excluding carboxylic acids is 1. The Hall–Kier alpha value is -3.21. The molecule has 2 aromatic carbocycles. The predicted octanol–water partition coefficient (Wildman–Crippen LogP) is 4.06. The van der Waals surface area contributed by atoms with E-state index in [1.807, 2.05) is 49.4 Å². The Morgan fingerprint density at radius 2 is 1.73 bits per heavy atom. The number of hydrogen-bond donors (Lipinski definition) is 1. The van der Waals surface area contributed by atoms with Crippen molar-refractivity contribution in [3.8, 4) is 0 Å². The molecule has 0 aliphatic carbocycles. The molecule has 1 heterocycles. The van der Waals surface area contributed by atoms with Gasteiger partial charge in [0.15, 0.2) is 0 Å². The maximum absolute atomic E-state index is 12.3. The van der Waals surface area contributed by atoms with Gasteiger partial charge in [-0.3, -0.25) is 4.79 Å². The molecule has 1 aromatic heterocycles. The number of hydrogen-bond acceptors (Lipinski definition) is 4. The topological polar surface area (TPSA) is 58.1 Å². The van der Waals surface area contributed by atoms with E-state index in [-0.39, 0.29) is 5.91 Å². The van der Waals surface area contributed by atoms with E-state index in [0.717, 1.165) is 30.2 Å². The Morgan fingerprint density at radius 3 is 2.35 bits per heavy atom. The average molecular weight is 346 g/mol. The third kappa shape index (κ3) is 4.45. The SMILES string of the molecule is CCN(Cc1ccccc1)c1cnc(C(=O)Nc2ccc(C)cc2)cn1. The lowest BCUT2D eigenvalue weighted by atomic mass is 10.2. The summed E-state index contributed by atoms with van der Waals surface area (Å²) in [6, 6.07) is 17.8. The van der Waals surface area contributed by atoms with Crippen molar-refractivity contribution >= 4 is 17.4 Å². The first-order valence-electron chi connectivity index (χ1n) is 8.64. The van der Waals surface area contributed by atoms with Crippen molar-refractivity contribution in [1.29, 1.82) is 0 Å². The van der Waals surface area contributed by atoms with Crippen LogP contribution in [0.25, 0.3) is 0 Å². The lowest BCUT2D eigenvalue weighted by Gasteiger charge is -2.21. The molecule has 1 amide bonds. The number of amides is 1. The summed E-state index contributed by atoms with van der Waals surface area (Å²) in [7, 11) is 0. The van der Waals surface area contributed by atoms with Crippen LogP contribution in [0.15, 0.2) is 67.0 Å². The van der Waals surface area contributed by atoms with E-state index in [9.17, 15) is 4.79 Å². The molecule has 0 aliphatic heterocycles. The highest BCUT2D eigenvalue weighted by Gasteiger charge is 2.11. The molecule has 0 unspecified atom stereocenters.